The van der Waals surface area contributed by atoms with Crippen LogP contribution in [0.15, 0.2) is 36.4 Å². The van der Waals surface area contributed by atoms with E-state index < -0.39 is 11.4 Å². The van der Waals surface area contributed by atoms with E-state index in [9.17, 15) is 4.79 Å². The average molecular weight is 428 g/mol. The molecule has 0 atom stereocenters. The van der Waals surface area contributed by atoms with E-state index in [1.807, 2.05) is 24.3 Å². The number of aliphatic carboxylic acids is 1. The second kappa shape index (κ2) is 9.50. The first-order valence-corrected chi connectivity index (χ1v) is 9.61. The average Bonchev–Trinajstić information content (AvgIpc) is 2.59. The molecule has 0 unspecified atom stereocenters. The first kappa shape index (κ1) is 21.6. The van der Waals surface area contributed by atoms with Crippen molar-refractivity contribution in [2.45, 2.75) is 26.7 Å². The van der Waals surface area contributed by atoms with Gasteiger partial charge >= 0.3 is 5.97 Å². The molecule has 0 spiro atoms. The van der Waals surface area contributed by atoms with Crippen LogP contribution in [0.3, 0.4) is 0 Å². The van der Waals surface area contributed by atoms with E-state index in [2.05, 4.69) is 0 Å². The largest absolute Gasteiger partial charge is 0.492 e. The molecule has 2 aromatic rings. The predicted octanol–water partition coefficient (Wildman–Crippen LogP) is 7.09. The third-order valence-corrected chi connectivity index (χ3v) is 5.01. The Balaban J connectivity index is 1.95. The number of hydrogen-bond acceptors (Lipinski definition) is 2. The van der Waals surface area contributed by atoms with Crippen molar-refractivity contribution in [3.63, 3.8) is 0 Å². The molecule has 0 radical (unpaired) electrons. The van der Waals surface area contributed by atoms with E-state index in [-0.39, 0.29) is 0 Å². The monoisotopic (exact) mass is 426 g/mol. The summed E-state index contributed by atoms with van der Waals surface area (Å²) in [5.74, 6) is -0.232. The molecule has 0 aliphatic heterocycles. The zero-order valence-corrected chi connectivity index (χ0v) is 17.4. The summed E-state index contributed by atoms with van der Waals surface area (Å²) in [5.41, 5.74) is 1.01. The Labute approximate surface area is 174 Å². The minimum absolute atomic E-state index is 0.409. The quantitative estimate of drug-likeness (QED) is 0.361. The molecule has 0 aliphatic carbocycles. The number of carboxylic acid groups (broad SMARTS) is 1. The number of carboxylic acids is 1. The van der Waals surface area contributed by atoms with Crippen molar-refractivity contribution in [1.82, 2.24) is 0 Å². The van der Waals surface area contributed by atoms with Crippen LogP contribution in [-0.2, 0) is 4.79 Å². The molecule has 0 saturated heterocycles. The van der Waals surface area contributed by atoms with Gasteiger partial charge in [-0.3, -0.25) is 4.79 Å². The highest BCUT2D eigenvalue weighted by molar-refractivity contribution is 6.35. The summed E-state index contributed by atoms with van der Waals surface area (Å²) < 4.78 is 5.68. The molecular weight excluding hydrogens is 407 g/mol. The molecule has 0 aromatic heterocycles. The van der Waals surface area contributed by atoms with Crippen molar-refractivity contribution < 1.29 is 14.6 Å². The van der Waals surface area contributed by atoms with Gasteiger partial charge in [-0.05, 0) is 62.1 Å². The van der Waals surface area contributed by atoms with Crippen LogP contribution in [0.1, 0.15) is 37.8 Å². The van der Waals surface area contributed by atoms with Crippen LogP contribution < -0.4 is 4.74 Å². The smallest absolute Gasteiger partial charge is 0.309 e. The van der Waals surface area contributed by atoms with Crippen LogP contribution in [0.25, 0.3) is 12.2 Å². The summed E-state index contributed by atoms with van der Waals surface area (Å²) in [6.45, 7) is 3.82. The Morgan fingerprint density at radius 2 is 1.81 bits per heavy atom. The van der Waals surface area contributed by atoms with Crippen LogP contribution in [0.5, 0.6) is 5.75 Å². The van der Waals surface area contributed by atoms with Gasteiger partial charge in [0, 0.05) is 10.0 Å². The highest BCUT2D eigenvalue weighted by Crippen LogP contribution is 2.28. The lowest BCUT2D eigenvalue weighted by molar-refractivity contribution is -0.147. The second-order valence-electron chi connectivity index (χ2n) is 6.83. The van der Waals surface area contributed by atoms with Gasteiger partial charge in [0.1, 0.15) is 5.75 Å². The van der Waals surface area contributed by atoms with Gasteiger partial charge in [-0.25, -0.2) is 0 Å². The normalized spacial score (nSPS) is 11.7. The van der Waals surface area contributed by atoms with Gasteiger partial charge in [-0.2, -0.15) is 0 Å². The number of halogens is 3. The van der Waals surface area contributed by atoms with Crippen LogP contribution in [-0.4, -0.2) is 17.7 Å². The molecule has 0 bridgehead atoms. The molecule has 6 heteroatoms. The fourth-order valence-corrected chi connectivity index (χ4v) is 3.08. The van der Waals surface area contributed by atoms with Crippen LogP contribution in [0.4, 0.5) is 0 Å². The van der Waals surface area contributed by atoms with Crippen LogP contribution >= 0.6 is 34.8 Å². The summed E-state index contributed by atoms with van der Waals surface area (Å²) >= 11 is 18.3. The number of hydrogen-bond donors (Lipinski definition) is 1. The van der Waals surface area contributed by atoms with E-state index >= 15 is 0 Å². The summed E-state index contributed by atoms with van der Waals surface area (Å²) in [6.07, 6.45) is 4.95. The topological polar surface area (TPSA) is 46.5 Å². The molecule has 0 heterocycles. The van der Waals surface area contributed by atoms with Gasteiger partial charge in [0.05, 0.1) is 17.0 Å². The Morgan fingerprint density at radius 3 is 2.44 bits per heavy atom. The molecule has 2 aromatic carbocycles. The zero-order valence-electron chi connectivity index (χ0n) is 15.1. The van der Waals surface area contributed by atoms with Crippen molar-refractivity contribution in [1.29, 1.82) is 0 Å². The van der Waals surface area contributed by atoms with E-state index in [4.69, 9.17) is 44.6 Å². The summed E-state index contributed by atoms with van der Waals surface area (Å²) in [4.78, 5) is 11.1. The van der Waals surface area contributed by atoms with Gasteiger partial charge in [-0.15, -0.1) is 0 Å². The maximum atomic E-state index is 11.1. The lowest BCUT2D eigenvalue weighted by atomic mass is 9.88. The SMILES string of the molecule is CC(C)(CCCOc1ccc(/C=C/c2ccc(Cl)cc2Cl)cc1Cl)C(=O)O. The molecular formula is C21H21Cl3O3. The first-order chi connectivity index (χ1) is 12.7. The summed E-state index contributed by atoms with van der Waals surface area (Å²) in [7, 11) is 0. The fourth-order valence-electron chi connectivity index (χ4n) is 2.36. The minimum Gasteiger partial charge on any atom is -0.492 e. The lowest BCUT2D eigenvalue weighted by Gasteiger charge is -2.18. The van der Waals surface area contributed by atoms with E-state index in [0.29, 0.717) is 40.3 Å². The van der Waals surface area contributed by atoms with Gasteiger partial charge in [0.15, 0.2) is 0 Å². The molecule has 0 aliphatic rings. The molecule has 144 valence electrons. The lowest BCUT2D eigenvalue weighted by Crippen LogP contribution is -2.24. The molecule has 3 nitrogen and oxygen atoms in total. The van der Waals surface area contributed by atoms with Crippen molar-refractivity contribution in [2.24, 2.45) is 5.41 Å². The maximum Gasteiger partial charge on any atom is 0.309 e. The van der Waals surface area contributed by atoms with Crippen molar-refractivity contribution in [3.05, 3.63) is 62.6 Å². The number of carbonyl (C=O) groups is 1. The highest BCUT2D eigenvalue weighted by Gasteiger charge is 2.26. The number of benzene rings is 2. The highest BCUT2D eigenvalue weighted by atomic mass is 35.5. The second-order valence-corrected chi connectivity index (χ2v) is 8.08. The Kier molecular flexibility index (Phi) is 7.60. The van der Waals surface area contributed by atoms with Gasteiger partial charge in [0.2, 0.25) is 0 Å². The Hall–Kier alpha value is -1.68. The standard InChI is InChI=1S/C21H21Cl3O3/c1-21(2,20(25)26)10-3-11-27-19-9-5-14(12-18(19)24)4-6-15-7-8-16(22)13-17(15)23/h4-9,12-13H,3,10-11H2,1-2H3,(H,25,26)/b6-4+. The van der Waals surface area contributed by atoms with E-state index in [1.54, 1.807) is 38.1 Å². The van der Waals surface area contributed by atoms with Crippen LogP contribution in [0.2, 0.25) is 15.1 Å². The number of rotatable bonds is 8. The maximum absolute atomic E-state index is 11.1. The van der Waals surface area contributed by atoms with E-state index in [0.717, 1.165) is 11.1 Å². The number of ether oxygens (including phenoxy) is 1. The van der Waals surface area contributed by atoms with E-state index in [1.165, 1.54) is 0 Å². The summed E-state index contributed by atoms with van der Waals surface area (Å²) in [5, 5.41) is 10.8. The fraction of sp³-hybridized carbons (Fsp3) is 0.286. The molecule has 0 saturated carbocycles. The summed E-state index contributed by atoms with van der Waals surface area (Å²) in [6, 6.07) is 10.8. The zero-order chi connectivity index (χ0) is 20.0. The third kappa shape index (κ3) is 6.46. The predicted molar refractivity (Wildman–Crippen MR) is 113 cm³/mol. The Morgan fingerprint density at radius 1 is 1.07 bits per heavy atom. The third-order valence-electron chi connectivity index (χ3n) is 4.16. The first-order valence-electron chi connectivity index (χ1n) is 8.48. The van der Waals surface area contributed by atoms with Crippen molar-refractivity contribution >= 4 is 52.9 Å². The molecule has 27 heavy (non-hydrogen) atoms. The van der Waals surface area contributed by atoms with Crippen molar-refractivity contribution in [2.75, 3.05) is 6.61 Å². The molecule has 0 amide bonds. The minimum atomic E-state index is -0.808. The van der Waals surface area contributed by atoms with Gasteiger partial charge in [0.25, 0.3) is 0 Å². The van der Waals surface area contributed by atoms with Gasteiger partial charge < -0.3 is 9.84 Å². The Bertz CT molecular complexity index is 845. The van der Waals surface area contributed by atoms with Crippen molar-refractivity contribution in [3.8, 4) is 5.75 Å². The molecule has 0 fully saturated rings. The molecule has 1 N–H and O–H groups in total. The molecule has 2 rings (SSSR count). The van der Waals surface area contributed by atoms with Crippen LogP contribution in [0, 0.1) is 5.41 Å². The van der Waals surface area contributed by atoms with Gasteiger partial charge in [-0.1, -0.05) is 59.1 Å².